The summed E-state index contributed by atoms with van der Waals surface area (Å²) < 4.78 is 2.14. The quantitative estimate of drug-likeness (QED) is 0.162. The molecule has 3 heterocycles. The van der Waals surface area contributed by atoms with E-state index in [4.69, 9.17) is 9.97 Å². The third kappa shape index (κ3) is 5.94. The summed E-state index contributed by atoms with van der Waals surface area (Å²) in [7, 11) is 0. The molecule has 0 saturated heterocycles. The molecule has 11 aromatic carbocycles. The molecule has 0 aliphatic rings. The van der Waals surface area contributed by atoms with Crippen LogP contribution >= 0.6 is 0 Å². The molecule has 14 aromatic rings. The summed E-state index contributed by atoms with van der Waals surface area (Å²) in [6, 6.07) is 81.1. The van der Waals surface area contributed by atoms with Crippen molar-refractivity contribution in [1.29, 1.82) is 5.26 Å². The molecule has 0 amide bonds. The van der Waals surface area contributed by atoms with Crippen molar-refractivity contribution in [3.8, 4) is 56.4 Å². The van der Waals surface area contributed by atoms with Gasteiger partial charge in [0.1, 0.15) is 5.65 Å². The highest BCUT2D eigenvalue weighted by Gasteiger charge is 2.24. The van der Waals surface area contributed by atoms with Gasteiger partial charge < -0.3 is 0 Å². The summed E-state index contributed by atoms with van der Waals surface area (Å²) in [5.41, 5.74) is 12.2. The van der Waals surface area contributed by atoms with Crippen LogP contribution in [0.4, 0.5) is 0 Å². The maximum Gasteiger partial charge on any atom is 0.146 e. The van der Waals surface area contributed by atoms with E-state index in [1.165, 1.54) is 86.9 Å². The molecule has 0 unspecified atom stereocenters. The average Bonchev–Trinajstić information content (AvgIpc) is 3.75. The summed E-state index contributed by atoms with van der Waals surface area (Å²) in [4.78, 5) is 10.0. The van der Waals surface area contributed by atoms with Gasteiger partial charge in [0, 0.05) is 40.0 Å². The molecule has 0 N–H and O–H groups in total. The minimum absolute atomic E-state index is 0.599. The number of pyridine rings is 2. The van der Waals surface area contributed by atoms with Crippen molar-refractivity contribution in [2.45, 2.75) is 0 Å². The molecule has 318 valence electrons. The first-order valence-electron chi connectivity index (χ1n) is 23.4. The van der Waals surface area contributed by atoms with Crippen molar-refractivity contribution in [1.82, 2.24) is 14.5 Å². The van der Waals surface area contributed by atoms with E-state index in [-0.39, 0.29) is 0 Å². The Bertz CT molecular complexity index is 4370. The average molecular weight is 875 g/mol. The molecule has 0 bridgehead atoms. The van der Waals surface area contributed by atoms with E-state index in [0.29, 0.717) is 5.56 Å². The number of rotatable bonds is 5. The molecule has 0 saturated carbocycles. The third-order valence-electron chi connectivity index (χ3n) is 14.2. The van der Waals surface area contributed by atoms with Crippen LogP contribution in [0.15, 0.2) is 231 Å². The zero-order valence-electron chi connectivity index (χ0n) is 37.2. The molecule has 3 aromatic heterocycles. The highest BCUT2D eigenvalue weighted by atomic mass is 15.0. The lowest BCUT2D eigenvalue weighted by molar-refractivity contribution is 1.13. The number of hydrogen-bond donors (Lipinski definition) is 0. The first-order valence-corrected chi connectivity index (χ1v) is 23.4. The van der Waals surface area contributed by atoms with Crippen LogP contribution in [0.5, 0.6) is 0 Å². The minimum atomic E-state index is 0.599. The Morgan fingerprint density at radius 1 is 0.362 bits per heavy atom. The van der Waals surface area contributed by atoms with Gasteiger partial charge in [0.2, 0.25) is 0 Å². The van der Waals surface area contributed by atoms with Crippen molar-refractivity contribution >= 4 is 86.6 Å². The molecule has 0 aliphatic heterocycles. The van der Waals surface area contributed by atoms with Gasteiger partial charge >= 0.3 is 0 Å². The van der Waals surface area contributed by atoms with E-state index in [9.17, 15) is 5.26 Å². The highest BCUT2D eigenvalue weighted by molar-refractivity contribution is 6.31. The summed E-state index contributed by atoms with van der Waals surface area (Å²) in [6.07, 6.45) is 3.70. The van der Waals surface area contributed by atoms with Crippen molar-refractivity contribution in [2.24, 2.45) is 0 Å². The van der Waals surface area contributed by atoms with Crippen LogP contribution in [0, 0.1) is 11.3 Å². The molecule has 14 rings (SSSR count). The van der Waals surface area contributed by atoms with Crippen molar-refractivity contribution < 1.29 is 0 Å². The van der Waals surface area contributed by atoms with Crippen LogP contribution in [0.3, 0.4) is 0 Å². The Morgan fingerprint density at radius 2 is 0.841 bits per heavy atom. The van der Waals surface area contributed by atoms with E-state index in [1.807, 2.05) is 24.4 Å². The van der Waals surface area contributed by atoms with Gasteiger partial charge in [-0.2, -0.15) is 5.26 Å². The van der Waals surface area contributed by atoms with Gasteiger partial charge in [0.05, 0.1) is 22.8 Å². The summed E-state index contributed by atoms with van der Waals surface area (Å²) in [5.74, 6) is 0. The second-order valence-electron chi connectivity index (χ2n) is 17.9. The number of nitriles is 1. The molecule has 69 heavy (non-hydrogen) atoms. The van der Waals surface area contributed by atoms with Crippen molar-refractivity contribution in [2.75, 3.05) is 0 Å². The minimum Gasteiger partial charge on any atom is -0.294 e. The largest absolute Gasteiger partial charge is 0.294 e. The smallest absolute Gasteiger partial charge is 0.146 e. The van der Waals surface area contributed by atoms with E-state index < -0.39 is 0 Å². The molecule has 0 radical (unpaired) electrons. The summed E-state index contributed by atoms with van der Waals surface area (Å²) in [6.45, 7) is 0. The Balaban J connectivity index is 1.02. The van der Waals surface area contributed by atoms with Crippen LogP contribution in [0.1, 0.15) is 5.56 Å². The van der Waals surface area contributed by atoms with Gasteiger partial charge in [-0.25, -0.2) is 4.98 Å². The van der Waals surface area contributed by atoms with Gasteiger partial charge in [0.25, 0.3) is 0 Å². The standard InChI is InChI=1S/C65H38N4/c66-38-46-32-33-67-65-60(46)57-36-40(28-31-59(57)69(65)48-18-2-1-3-19-48)47-27-30-58(68-39-47)45-26-29-55-56(37-45)64(62-51-22-10-6-16-43(51)35-44-17-7-11-23-52(44)62)54-25-13-12-24-53(54)63(55)61-49-20-8-4-14-41(49)34-42-15-5-9-21-50(42)61/h1-37,39H. The van der Waals surface area contributed by atoms with Crippen LogP contribution in [-0.4, -0.2) is 14.5 Å². The van der Waals surface area contributed by atoms with Crippen LogP contribution < -0.4 is 0 Å². The van der Waals surface area contributed by atoms with Crippen molar-refractivity contribution in [3.05, 3.63) is 236 Å². The topological polar surface area (TPSA) is 54.5 Å². The second kappa shape index (κ2) is 15.3. The van der Waals surface area contributed by atoms with Gasteiger partial charge in [-0.3, -0.25) is 9.55 Å². The van der Waals surface area contributed by atoms with Gasteiger partial charge in [-0.15, -0.1) is 0 Å². The Kier molecular flexibility index (Phi) is 8.61. The Morgan fingerprint density at radius 3 is 1.41 bits per heavy atom. The SMILES string of the molecule is N#Cc1ccnc2c1c1cc(-c3ccc(-c4ccc5c(-c6c7ccccc7cc7ccccc67)c6ccccc6c(-c6c7ccccc7cc7ccccc67)c5c4)nc3)ccc1n2-c1ccccc1. The number of benzene rings is 11. The lowest BCUT2D eigenvalue weighted by Gasteiger charge is -2.22. The van der Waals surface area contributed by atoms with E-state index in [2.05, 4.69) is 205 Å². The first-order chi connectivity index (χ1) is 34.2. The predicted molar refractivity (Wildman–Crippen MR) is 288 cm³/mol. The summed E-state index contributed by atoms with van der Waals surface area (Å²) in [5, 5.41) is 26.6. The number of fused-ring (bicyclic) bond motifs is 9. The second-order valence-corrected chi connectivity index (χ2v) is 17.9. The number of nitrogens with zero attached hydrogens (tertiary/aromatic N) is 4. The molecule has 0 atom stereocenters. The van der Waals surface area contributed by atoms with E-state index in [1.54, 1.807) is 12.3 Å². The molecule has 0 spiro atoms. The monoisotopic (exact) mass is 874 g/mol. The first kappa shape index (κ1) is 38.8. The maximum absolute atomic E-state index is 10.3. The number of para-hydroxylation sites is 1. The fourth-order valence-corrected chi connectivity index (χ4v) is 11.2. The zero-order chi connectivity index (χ0) is 45.6. The van der Waals surface area contributed by atoms with Crippen molar-refractivity contribution in [3.63, 3.8) is 0 Å². The fourth-order valence-electron chi connectivity index (χ4n) is 11.2. The van der Waals surface area contributed by atoms with Crippen LogP contribution in [-0.2, 0) is 0 Å². The molecule has 4 heteroatoms. The molecule has 0 aliphatic carbocycles. The molecular weight excluding hydrogens is 837 g/mol. The highest BCUT2D eigenvalue weighted by Crippen LogP contribution is 2.51. The normalized spacial score (nSPS) is 11.8. The van der Waals surface area contributed by atoms with Gasteiger partial charge in [-0.05, 0) is 147 Å². The molecule has 0 fully saturated rings. The number of aromatic nitrogens is 3. The van der Waals surface area contributed by atoms with Crippen LogP contribution in [0.25, 0.3) is 137 Å². The lowest BCUT2D eigenvalue weighted by Crippen LogP contribution is -1.95. The summed E-state index contributed by atoms with van der Waals surface area (Å²) >= 11 is 0. The lowest BCUT2D eigenvalue weighted by atomic mass is 9.80. The molecule has 4 nitrogen and oxygen atoms in total. The van der Waals surface area contributed by atoms with Gasteiger partial charge in [0.15, 0.2) is 0 Å². The third-order valence-corrected chi connectivity index (χ3v) is 14.2. The van der Waals surface area contributed by atoms with E-state index in [0.717, 1.165) is 50.0 Å². The van der Waals surface area contributed by atoms with Crippen LogP contribution in [0.2, 0.25) is 0 Å². The maximum atomic E-state index is 10.3. The molecular formula is C65H38N4. The fraction of sp³-hybridized carbons (Fsp3) is 0. The Labute approximate surface area is 397 Å². The predicted octanol–water partition coefficient (Wildman–Crippen LogP) is 17.0. The van der Waals surface area contributed by atoms with Gasteiger partial charge in [-0.1, -0.05) is 164 Å². The number of hydrogen-bond acceptors (Lipinski definition) is 3. The zero-order valence-corrected chi connectivity index (χ0v) is 37.2. The Hall–Kier alpha value is -9.43. The van der Waals surface area contributed by atoms with E-state index >= 15 is 0 Å².